The highest BCUT2D eigenvalue weighted by molar-refractivity contribution is 6.00. The van der Waals surface area contributed by atoms with Gasteiger partial charge in [0, 0.05) is 33.0 Å². The molecular formula is C18H8. The van der Waals surface area contributed by atoms with Crippen molar-refractivity contribution in [2.24, 2.45) is 0 Å². The Morgan fingerprint density at radius 1 is 0.500 bits per heavy atom. The third-order valence-corrected chi connectivity index (χ3v) is 2.78. The van der Waals surface area contributed by atoms with Crippen molar-refractivity contribution < 1.29 is 0 Å². The molecule has 0 aliphatic rings. The predicted octanol–water partition coefficient (Wildman–Crippen LogP) is 2.77. The van der Waals surface area contributed by atoms with E-state index in [0.717, 1.165) is 10.8 Å². The average molecular weight is 224 g/mol. The molecule has 0 nitrogen and oxygen atoms in total. The Labute approximate surface area is 107 Å². The Bertz CT molecular complexity index is 669. The summed E-state index contributed by atoms with van der Waals surface area (Å²) in [4.78, 5) is 0. The molecule has 18 heavy (non-hydrogen) atoms. The second-order valence-electron chi connectivity index (χ2n) is 3.65. The summed E-state index contributed by atoms with van der Waals surface area (Å²) in [5.74, 6) is 10.5. The fourth-order valence-electron chi connectivity index (χ4n) is 1.98. The Morgan fingerprint density at radius 2 is 0.722 bits per heavy atom. The van der Waals surface area contributed by atoms with Crippen LogP contribution in [0.1, 0.15) is 22.3 Å². The Morgan fingerprint density at radius 3 is 0.889 bits per heavy atom. The van der Waals surface area contributed by atoms with Crippen LogP contribution < -0.4 is 0 Å². The van der Waals surface area contributed by atoms with Crippen molar-refractivity contribution in [3.8, 4) is 49.4 Å². The average Bonchev–Trinajstić information content (AvgIpc) is 2.44. The number of terminal acetylenes is 4. The van der Waals surface area contributed by atoms with Crippen molar-refractivity contribution >= 4 is 10.8 Å². The Hall–Kier alpha value is -3.06. The van der Waals surface area contributed by atoms with Gasteiger partial charge in [-0.25, -0.2) is 0 Å². The van der Waals surface area contributed by atoms with E-state index in [2.05, 4.69) is 23.7 Å². The zero-order valence-electron chi connectivity index (χ0n) is 9.62. The summed E-state index contributed by atoms with van der Waals surface area (Å²) in [5, 5.41) is 1.57. The zero-order valence-corrected chi connectivity index (χ0v) is 9.62. The largest absolute Gasteiger partial charge is 0.115 e. The first-order valence-corrected chi connectivity index (χ1v) is 5.23. The van der Waals surface area contributed by atoms with Crippen LogP contribution in [0.2, 0.25) is 0 Å². The van der Waals surface area contributed by atoms with Gasteiger partial charge in [0.05, 0.1) is 0 Å². The molecule has 0 heterocycles. The molecule has 0 amide bonds. The van der Waals surface area contributed by atoms with Gasteiger partial charge >= 0.3 is 0 Å². The number of hydrogen-bond donors (Lipinski definition) is 0. The zero-order chi connectivity index (χ0) is 13.1. The lowest BCUT2D eigenvalue weighted by atomic mass is 9.92. The molecule has 2 rings (SSSR count). The first kappa shape index (κ1) is 11.4. The molecule has 80 valence electrons. The van der Waals surface area contributed by atoms with Crippen LogP contribution in [0, 0.1) is 49.4 Å². The van der Waals surface area contributed by atoms with Gasteiger partial charge in [-0.3, -0.25) is 0 Å². The molecule has 0 aliphatic carbocycles. The van der Waals surface area contributed by atoms with Crippen LogP contribution in [0.5, 0.6) is 0 Å². The van der Waals surface area contributed by atoms with E-state index in [9.17, 15) is 0 Å². The van der Waals surface area contributed by atoms with Crippen LogP contribution >= 0.6 is 0 Å². The molecule has 0 heteroatoms. The van der Waals surface area contributed by atoms with Gasteiger partial charge in [-0.1, -0.05) is 23.7 Å². The van der Waals surface area contributed by atoms with E-state index in [-0.39, 0.29) is 0 Å². The summed E-state index contributed by atoms with van der Waals surface area (Å²) >= 11 is 0. The van der Waals surface area contributed by atoms with Crippen LogP contribution in [-0.2, 0) is 0 Å². The molecule has 0 aliphatic heterocycles. The summed E-state index contributed by atoms with van der Waals surface area (Å²) in [6, 6.07) is 7.16. The minimum absolute atomic E-state index is 0.703. The molecule has 0 spiro atoms. The molecule has 0 N–H and O–H groups in total. The molecule has 0 unspecified atom stereocenters. The number of hydrogen-bond acceptors (Lipinski definition) is 0. The van der Waals surface area contributed by atoms with E-state index in [1.807, 2.05) is 0 Å². The molecule has 0 atom stereocenters. The second kappa shape index (κ2) is 4.44. The third-order valence-electron chi connectivity index (χ3n) is 2.78. The molecule has 0 radical (unpaired) electrons. The number of fused-ring (bicyclic) bond motifs is 1. The minimum Gasteiger partial charge on any atom is -0.115 e. The second-order valence-corrected chi connectivity index (χ2v) is 3.65. The van der Waals surface area contributed by atoms with Crippen LogP contribution in [0.3, 0.4) is 0 Å². The first-order valence-electron chi connectivity index (χ1n) is 5.23. The fraction of sp³-hybridized carbons (Fsp3) is 0. The van der Waals surface area contributed by atoms with E-state index < -0.39 is 0 Å². The van der Waals surface area contributed by atoms with Crippen molar-refractivity contribution in [2.45, 2.75) is 0 Å². The SMILES string of the molecule is C#Cc1ccc(C#C)c2c(C#C)ccc(C#C)c12. The van der Waals surface area contributed by atoms with Crippen molar-refractivity contribution in [1.82, 2.24) is 0 Å². The fourth-order valence-corrected chi connectivity index (χ4v) is 1.98. The molecule has 0 bridgehead atoms. The standard InChI is InChI=1S/C18H8/c1-5-13-9-10-15(7-3)18-16(8-4)12-11-14(6-2)17(13)18/h1-4,9-12H. The monoisotopic (exact) mass is 224 g/mol. The van der Waals surface area contributed by atoms with Gasteiger partial charge in [0.1, 0.15) is 0 Å². The highest BCUT2D eigenvalue weighted by atomic mass is 14.1. The van der Waals surface area contributed by atoms with Gasteiger partial charge in [-0.15, -0.1) is 25.7 Å². The molecule has 2 aromatic rings. The number of rotatable bonds is 0. The molecule has 2 aromatic carbocycles. The van der Waals surface area contributed by atoms with Crippen LogP contribution in [-0.4, -0.2) is 0 Å². The molecule has 0 saturated heterocycles. The maximum absolute atomic E-state index is 5.50. The summed E-state index contributed by atoms with van der Waals surface area (Å²) in [7, 11) is 0. The topological polar surface area (TPSA) is 0 Å². The van der Waals surface area contributed by atoms with Gasteiger partial charge in [0.25, 0.3) is 0 Å². The highest BCUT2D eigenvalue weighted by Gasteiger charge is 2.10. The van der Waals surface area contributed by atoms with Crippen LogP contribution in [0.4, 0.5) is 0 Å². The summed E-state index contributed by atoms with van der Waals surface area (Å²) in [6.45, 7) is 0. The van der Waals surface area contributed by atoms with Gasteiger partial charge in [-0.2, -0.15) is 0 Å². The normalized spacial score (nSPS) is 8.89. The quantitative estimate of drug-likeness (QED) is 0.604. The van der Waals surface area contributed by atoms with Gasteiger partial charge in [0.15, 0.2) is 0 Å². The molecule has 0 aromatic heterocycles. The molecular weight excluding hydrogens is 216 g/mol. The van der Waals surface area contributed by atoms with E-state index in [1.165, 1.54) is 0 Å². The summed E-state index contributed by atoms with van der Waals surface area (Å²) < 4.78 is 0. The lowest BCUT2D eigenvalue weighted by molar-refractivity contribution is 1.62. The van der Waals surface area contributed by atoms with Crippen molar-refractivity contribution in [3.63, 3.8) is 0 Å². The maximum atomic E-state index is 5.50. The lowest BCUT2D eigenvalue weighted by Gasteiger charge is -2.09. The smallest absolute Gasteiger partial charge is 0.0334 e. The Balaban J connectivity index is 3.17. The van der Waals surface area contributed by atoms with Gasteiger partial charge in [0.2, 0.25) is 0 Å². The van der Waals surface area contributed by atoms with Gasteiger partial charge < -0.3 is 0 Å². The molecule has 0 fully saturated rings. The van der Waals surface area contributed by atoms with Crippen molar-refractivity contribution in [1.29, 1.82) is 0 Å². The van der Waals surface area contributed by atoms with Crippen molar-refractivity contribution in [3.05, 3.63) is 46.5 Å². The molecule has 0 saturated carbocycles. The summed E-state index contributed by atoms with van der Waals surface area (Å²) in [6.07, 6.45) is 22.0. The minimum atomic E-state index is 0.703. The predicted molar refractivity (Wildman–Crippen MR) is 75.7 cm³/mol. The van der Waals surface area contributed by atoms with E-state index in [4.69, 9.17) is 25.7 Å². The highest BCUT2D eigenvalue weighted by Crippen LogP contribution is 2.28. The first-order chi connectivity index (χ1) is 8.76. The third kappa shape index (κ3) is 1.51. The summed E-state index contributed by atoms with van der Waals surface area (Å²) in [5.41, 5.74) is 2.81. The van der Waals surface area contributed by atoms with Crippen molar-refractivity contribution in [2.75, 3.05) is 0 Å². The maximum Gasteiger partial charge on any atom is 0.0334 e. The van der Waals surface area contributed by atoms with Gasteiger partial charge in [-0.05, 0) is 24.3 Å². The van der Waals surface area contributed by atoms with E-state index in [1.54, 1.807) is 24.3 Å². The van der Waals surface area contributed by atoms with E-state index >= 15 is 0 Å². The lowest BCUT2D eigenvalue weighted by Crippen LogP contribution is -1.92. The van der Waals surface area contributed by atoms with Crippen LogP contribution in [0.15, 0.2) is 24.3 Å². The van der Waals surface area contributed by atoms with Crippen LogP contribution in [0.25, 0.3) is 10.8 Å². The number of benzene rings is 2. The van der Waals surface area contributed by atoms with E-state index in [0.29, 0.717) is 22.3 Å². The Kier molecular flexibility index (Phi) is 2.82.